The fourth-order valence-corrected chi connectivity index (χ4v) is 3.26. The minimum absolute atomic E-state index is 0.0227. The van der Waals surface area contributed by atoms with E-state index in [1.165, 1.54) is 21.3 Å². The van der Waals surface area contributed by atoms with Gasteiger partial charge >= 0.3 is 0 Å². The number of rotatable bonds is 7. The Hall–Kier alpha value is -2.44. The monoisotopic (exact) mass is 378 g/mol. The summed E-state index contributed by atoms with van der Waals surface area (Å²) < 4.78 is 15.9. The molecule has 1 aromatic rings. The van der Waals surface area contributed by atoms with Crippen LogP contribution in [0.25, 0.3) is 0 Å². The smallest absolute Gasteiger partial charge is 0.252 e. The number of likely N-dealkylation sites (tertiary alicyclic amines) is 1. The molecule has 2 amide bonds. The largest absolute Gasteiger partial charge is 0.493 e. The molecule has 0 aliphatic carbocycles. The highest BCUT2D eigenvalue weighted by Gasteiger charge is 2.30. The second kappa shape index (κ2) is 9.48. The quantitative estimate of drug-likeness (QED) is 0.789. The van der Waals surface area contributed by atoms with Crippen LogP contribution < -0.4 is 19.5 Å². The second-order valence-corrected chi connectivity index (χ2v) is 7.00. The van der Waals surface area contributed by atoms with Gasteiger partial charge in [-0.1, -0.05) is 13.8 Å². The Kier molecular flexibility index (Phi) is 7.33. The molecule has 1 aliphatic heterocycles. The summed E-state index contributed by atoms with van der Waals surface area (Å²) in [6.45, 7) is 5.37. The van der Waals surface area contributed by atoms with Gasteiger partial charge in [0.15, 0.2) is 11.5 Å². The number of piperidine rings is 1. The maximum absolute atomic E-state index is 12.9. The third kappa shape index (κ3) is 4.84. The van der Waals surface area contributed by atoms with Crippen molar-refractivity contribution in [3.63, 3.8) is 0 Å². The first-order valence-corrected chi connectivity index (χ1v) is 9.32. The van der Waals surface area contributed by atoms with Crippen LogP contribution in [-0.4, -0.2) is 57.2 Å². The first kappa shape index (κ1) is 20.9. The summed E-state index contributed by atoms with van der Waals surface area (Å²) >= 11 is 0. The number of carbonyl (C=O) groups is 2. The molecule has 0 bridgehead atoms. The molecule has 1 N–H and O–H groups in total. The zero-order valence-electron chi connectivity index (χ0n) is 16.8. The van der Waals surface area contributed by atoms with Gasteiger partial charge in [0.05, 0.1) is 21.3 Å². The third-order valence-electron chi connectivity index (χ3n) is 4.81. The Bertz CT molecular complexity index is 643. The van der Waals surface area contributed by atoms with Gasteiger partial charge in [-0.25, -0.2) is 0 Å². The summed E-state index contributed by atoms with van der Waals surface area (Å²) in [5.74, 6) is 0.812. The van der Waals surface area contributed by atoms with Crippen LogP contribution in [0.4, 0.5) is 0 Å². The van der Waals surface area contributed by atoms with Gasteiger partial charge in [-0.2, -0.15) is 0 Å². The highest BCUT2D eigenvalue weighted by molar-refractivity contribution is 5.98. The molecular formula is C20H30N2O5. The third-order valence-corrected chi connectivity index (χ3v) is 4.81. The Balaban J connectivity index is 2.23. The lowest BCUT2D eigenvalue weighted by Crippen LogP contribution is -2.52. The second-order valence-electron chi connectivity index (χ2n) is 7.00. The van der Waals surface area contributed by atoms with Crippen molar-refractivity contribution in [3.05, 3.63) is 17.7 Å². The molecule has 1 heterocycles. The van der Waals surface area contributed by atoms with Gasteiger partial charge in [-0.05, 0) is 37.3 Å². The van der Waals surface area contributed by atoms with Gasteiger partial charge in [0, 0.05) is 18.7 Å². The number of hydrogen-bond donors (Lipinski definition) is 1. The molecule has 1 atom stereocenters. The average Bonchev–Trinajstić information content (AvgIpc) is 2.70. The van der Waals surface area contributed by atoms with E-state index in [9.17, 15) is 9.59 Å². The molecule has 1 aromatic carbocycles. The van der Waals surface area contributed by atoms with E-state index in [4.69, 9.17) is 14.2 Å². The SMILES string of the molecule is COc1cc(C(=O)N[C@H](C(=O)N2CCCCC2)C(C)C)cc(OC)c1OC. The van der Waals surface area contributed by atoms with Crippen molar-refractivity contribution in [2.24, 2.45) is 5.92 Å². The molecular weight excluding hydrogens is 348 g/mol. The van der Waals surface area contributed by atoms with Crippen LogP contribution in [0.3, 0.4) is 0 Å². The number of methoxy groups -OCH3 is 3. The van der Waals surface area contributed by atoms with Crippen molar-refractivity contribution in [1.29, 1.82) is 0 Å². The molecule has 27 heavy (non-hydrogen) atoms. The Morgan fingerprint density at radius 1 is 0.963 bits per heavy atom. The first-order valence-electron chi connectivity index (χ1n) is 9.32. The summed E-state index contributed by atoms with van der Waals surface area (Å²) in [4.78, 5) is 27.6. The van der Waals surface area contributed by atoms with E-state index in [-0.39, 0.29) is 17.7 Å². The minimum atomic E-state index is -0.574. The van der Waals surface area contributed by atoms with E-state index in [1.54, 1.807) is 12.1 Å². The fourth-order valence-electron chi connectivity index (χ4n) is 3.26. The highest BCUT2D eigenvalue weighted by Crippen LogP contribution is 2.38. The summed E-state index contributed by atoms with van der Waals surface area (Å²) in [5, 5.41) is 2.89. The molecule has 1 aliphatic rings. The standard InChI is InChI=1S/C20H30N2O5/c1-13(2)17(20(24)22-9-7-6-8-10-22)21-19(23)14-11-15(25-3)18(27-5)16(12-14)26-4/h11-13,17H,6-10H2,1-5H3,(H,21,23)/t17-/m0/s1. The predicted octanol–water partition coefficient (Wildman–Crippen LogP) is 2.48. The predicted molar refractivity (Wildman–Crippen MR) is 103 cm³/mol. The van der Waals surface area contributed by atoms with Gasteiger partial charge in [-0.3, -0.25) is 9.59 Å². The van der Waals surface area contributed by atoms with Crippen molar-refractivity contribution >= 4 is 11.8 Å². The van der Waals surface area contributed by atoms with Gasteiger partial charge in [0.25, 0.3) is 5.91 Å². The van der Waals surface area contributed by atoms with Crippen molar-refractivity contribution in [2.45, 2.75) is 39.2 Å². The van der Waals surface area contributed by atoms with E-state index < -0.39 is 6.04 Å². The van der Waals surface area contributed by atoms with Gasteiger partial charge in [0.1, 0.15) is 6.04 Å². The molecule has 7 nitrogen and oxygen atoms in total. The fraction of sp³-hybridized carbons (Fsp3) is 0.600. The Morgan fingerprint density at radius 3 is 1.96 bits per heavy atom. The zero-order valence-corrected chi connectivity index (χ0v) is 16.8. The molecule has 1 fully saturated rings. The molecule has 2 rings (SSSR count). The van der Waals surface area contributed by atoms with Gasteiger partial charge < -0.3 is 24.4 Å². The maximum Gasteiger partial charge on any atom is 0.252 e. The van der Waals surface area contributed by atoms with Crippen LogP contribution in [0.15, 0.2) is 12.1 Å². The lowest BCUT2D eigenvalue weighted by atomic mass is 10.0. The van der Waals surface area contributed by atoms with Crippen LogP contribution in [0.2, 0.25) is 0 Å². The summed E-state index contributed by atoms with van der Waals surface area (Å²) in [6, 6.07) is 2.59. The maximum atomic E-state index is 12.9. The van der Waals surface area contributed by atoms with Crippen molar-refractivity contribution < 1.29 is 23.8 Å². The van der Waals surface area contributed by atoms with Crippen LogP contribution in [0.5, 0.6) is 17.2 Å². The number of carbonyl (C=O) groups excluding carboxylic acids is 2. The topological polar surface area (TPSA) is 77.1 Å². The van der Waals surface area contributed by atoms with Gasteiger partial charge in [0.2, 0.25) is 11.7 Å². The molecule has 0 radical (unpaired) electrons. The van der Waals surface area contributed by atoms with E-state index in [0.29, 0.717) is 22.8 Å². The van der Waals surface area contributed by atoms with Crippen molar-refractivity contribution in [1.82, 2.24) is 10.2 Å². The lowest BCUT2D eigenvalue weighted by molar-refractivity contribution is -0.135. The summed E-state index contributed by atoms with van der Waals surface area (Å²) in [5.41, 5.74) is 0.349. The Morgan fingerprint density at radius 2 is 1.52 bits per heavy atom. The number of benzene rings is 1. The number of nitrogens with one attached hydrogen (secondary N) is 1. The van der Waals surface area contributed by atoms with E-state index >= 15 is 0 Å². The lowest BCUT2D eigenvalue weighted by Gasteiger charge is -2.32. The summed E-state index contributed by atoms with van der Waals surface area (Å²) in [6.07, 6.45) is 3.17. The minimum Gasteiger partial charge on any atom is -0.493 e. The van der Waals surface area contributed by atoms with Gasteiger partial charge in [-0.15, -0.1) is 0 Å². The molecule has 0 saturated carbocycles. The summed E-state index contributed by atoms with van der Waals surface area (Å²) in [7, 11) is 4.50. The first-order chi connectivity index (χ1) is 12.9. The number of hydrogen-bond acceptors (Lipinski definition) is 5. The van der Waals surface area contributed by atoms with E-state index in [0.717, 1.165) is 32.4 Å². The van der Waals surface area contributed by atoms with Crippen LogP contribution in [-0.2, 0) is 4.79 Å². The number of amides is 2. The van der Waals surface area contributed by atoms with E-state index in [1.807, 2.05) is 18.7 Å². The zero-order chi connectivity index (χ0) is 20.0. The van der Waals surface area contributed by atoms with Crippen molar-refractivity contribution in [3.8, 4) is 17.2 Å². The van der Waals surface area contributed by atoms with Crippen LogP contribution in [0, 0.1) is 5.92 Å². The molecule has 150 valence electrons. The molecule has 7 heteroatoms. The molecule has 1 saturated heterocycles. The number of nitrogens with zero attached hydrogens (tertiary/aromatic N) is 1. The molecule has 0 aromatic heterocycles. The Labute approximate surface area is 161 Å². The highest BCUT2D eigenvalue weighted by atomic mass is 16.5. The van der Waals surface area contributed by atoms with E-state index in [2.05, 4.69) is 5.32 Å². The van der Waals surface area contributed by atoms with Crippen LogP contribution >= 0.6 is 0 Å². The normalized spacial score (nSPS) is 15.3. The molecule has 0 spiro atoms. The molecule has 0 unspecified atom stereocenters. The van der Waals surface area contributed by atoms with Crippen LogP contribution in [0.1, 0.15) is 43.5 Å². The number of ether oxygens (including phenoxy) is 3. The van der Waals surface area contributed by atoms with Crippen molar-refractivity contribution in [2.75, 3.05) is 34.4 Å². The average molecular weight is 378 g/mol.